The zero-order valence-electron chi connectivity index (χ0n) is 14.6. The van der Waals surface area contributed by atoms with E-state index in [1.54, 1.807) is 7.11 Å². The Hall–Kier alpha value is -2.10. The van der Waals surface area contributed by atoms with Crippen LogP contribution in [0.4, 0.5) is 0 Å². The van der Waals surface area contributed by atoms with E-state index in [4.69, 9.17) is 4.74 Å². The van der Waals surface area contributed by atoms with Crippen molar-refractivity contribution in [3.63, 3.8) is 0 Å². The lowest BCUT2D eigenvalue weighted by Crippen LogP contribution is -2.55. The van der Waals surface area contributed by atoms with Crippen LogP contribution >= 0.6 is 0 Å². The van der Waals surface area contributed by atoms with Crippen LogP contribution in [0.3, 0.4) is 0 Å². The first kappa shape index (κ1) is 15.2. The topological polar surface area (TPSA) is 51.2 Å². The highest BCUT2D eigenvalue weighted by atomic mass is 16.5. The average molecular weight is 336 g/mol. The minimum atomic E-state index is -0.0183. The predicted molar refractivity (Wildman–Crippen MR) is 96.6 cm³/mol. The predicted octanol–water partition coefficient (Wildman–Crippen LogP) is 3.80. The Labute approximate surface area is 148 Å². The van der Waals surface area contributed by atoms with Crippen molar-refractivity contribution < 1.29 is 9.53 Å². The van der Waals surface area contributed by atoms with Crippen LogP contribution in [-0.4, -0.2) is 24.0 Å². The average Bonchev–Trinajstić information content (AvgIpc) is 2.63. The van der Waals surface area contributed by atoms with E-state index in [0.29, 0.717) is 23.6 Å². The van der Waals surface area contributed by atoms with Gasteiger partial charge in [0.1, 0.15) is 11.4 Å². The summed E-state index contributed by atoms with van der Waals surface area (Å²) in [6.07, 6.45) is 6.67. The van der Waals surface area contributed by atoms with E-state index in [9.17, 15) is 4.79 Å². The molecule has 1 heterocycles. The Balaban J connectivity index is 1.36. The van der Waals surface area contributed by atoms with E-state index in [0.717, 1.165) is 28.5 Å². The summed E-state index contributed by atoms with van der Waals surface area (Å²) in [6.45, 7) is 0. The van der Waals surface area contributed by atoms with E-state index in [1.165, 1.54) is 32.1 Å². The molecule has 4 fully saturated rings. The molecule has 4 saturated carbocycles. The molecule has 6 rings (SSSR count). The molecule has 4 bridgehead atoms. The summed E-state index contributed by atoms with van der Waals surface area (Å²) in [5.74, 6) is 4.00. The number of ether oxygens (including phenoxy) is 1. The summed E-state index contributed by atoms with van der Waals surface area (Å²) in [5, 5.41) is 4.33. The first-order chi connectivity index (χ1) is 12.2. The maximum Gasteiger partial charge on any atom is 0.270 e. The number of hydrogen-bond acceptors (Lipinski definition) is 3. The molecule has 25 heavy (non-hydrogen) atoms. The number of amides is 1. The van der Waals surface area contributed by atoms with Gasteiger partial charge in [-0.15, -0.1) is 0 Å². The van der Waals surface area contributed by atoms with Crippen molar-refractivity contribution in [1.82, 2.24) is 10.3 Å². The maximum absolute atomic E-state index is 12.8. The number of nitrogens with zero attached hydrogens (tertiary/aromatic N) is 1. The van der Waals surface area contributed by atoms with Gasteiger partial charge in [-0.05, 0) is 80.0 Å². The van der Waals surface area contributed by atoms with Gasteiger partial charge in [0.05, 0.1) is 12.6 Å². The minimum absolute atomic E-state index is 0.0183. The molecule has 4 nitrogen and oxygen atoms in total. The molecule has 0 radical (unpaired) electrons. The summed E-state index contributed by atoms with van der Waals surface area (Å²) < 4.78 is 5.25. The molecule has 0 spiro atoms. The fourth-order valence-electron chi connectivity index (χ4n) is 5.74. The number of methoxy groups -OCH3 is 1. The van der Waals surface area contributed by atoms with Gasteiger partial charge in [-0.1, -0.05) is 6.07 Å². The van der Waals surface area contributed by atoms with Gasteiger partial charge in [0.25, 0.3) is 5.91 Å². The molecule has 2 aromatic rings. The van der Waals surface area contributed by atoms with Crippen LogP contribution in [0.2, 0.25) is 0 Å². The monoisotopic (exact) mass is 336 g/mol. The summed E-state index contributed by atoms with van der Waals surface area (Å²) in [6, 6.07) is 9.88. The number of benzene rings is 1. The van der Waals surface area contributed by atoms with E-state index in [-0.39, 0.29) is 5.91 Å². The second-order valence-electron chi connectivity index (χ2n) is 8.19. The van der Waals surface area contributed by atoms with Gasteiger partial charge in [0.15, 0.2) is 0 Å². The van der Waals surface area contributed by atoms with Crippen LogP contribution in [0.15, 0.2) is 30.3 Å². The minimum Gasteiger partial charge on any atom is -0.497 e. The number of fused-ring (bicyclic) bond motifs is 1. The number of hydrogen-bond donors (Lipinski definition) is 1. The Morgan fingerprint density at radius 1 is 1.04 bits per heavy atom. The quantitative estimate of drug-likeness (QED) is 0.927. The van der Waals surface area contributed by atoms with Crippen molar-refractivity contribution >= 4 is 16.8 Å². The third-order valence-electron chi connectivity index (χ3n) is 6.65. The molecule has 0 unspecified atom stereocenters. The van der Waals surface area contributed by atoms with Gasteiger partial charge in [-0.2, -0.15) is 0 Å². The fraction of sp³-hybridized carbons (Fsp3) is 0.524. The zero-order chi connectivity index (χ0) is 17.0. The number of carbonyl (C=O) groups excluding carboxylic acids is 1. The highest BCUT2D eigenvalue weighted by Crippen LogP contribution is 2.53. The smallest absolute Gasteiger partial charge is 0.270 e. The molecular formula is C21H24N2O2. The Morgan fingerprint density at radius 2 is 1.76 bits per heavy atom. The van der Waals surface area contributed by atoms with Crippen molar-refractivity contribution in [1.29, 1.82) is 0 Å². The number of carbonyl (C=O) groups is 1. The van der Waals surface area contributed by atoms with Crippen LogP contribution < -0.4 is 10.1 Å². The Bertz CT molecular complexity index is 804. The molecule has 1 amide bonds. The highest BCUT2D eigenvalue weighted by molar-refractivity contribution is 5.95. The summed E-state index contributed by atoms with van der Waals surface area (Å²) >= 11 is 0. The van der Waals surface area contributed by atoms with Gasteiger partial charge >= 0.3 is 0 Å². The lowest BCUT2D eigenvalue weighted by Gasteiger charge is -2.54. The SMILES string of the molecule is COc1ccc2nc(C(=O)NC3C4CC5CC(C4)CC3C5)ccc2c1. The van der Waals surface area contributed by atoms with Crippen LogP contribution in [-0.2, 0) is 0 Å². The Kier molecular flexibility index (Phi) is 3.47. The Morgan fingerprint density at radius 3 is 2.44 bits per heavy atom. The maximum atomic E-state index is 12.8. The molecule has 1 N–H and O–H groups in total. The van der Waals surface area contributed by atoms with E-state index < -0.39 is 0 Å². The molecule has 0 atom stereocenters. The lowest BCUT2D eigenvalue weighted by molar-refractivity contribution is -0.0120. The molecule has 1 aromatic carbocycles. The summed E-state index contributed by atoms with van der Waals surface area (Å²) in [4.78, 5) is 17.4. The number of nitrogens with one attached hydrogen (secondary N) is 1. The molecule has 0 saturated heterocycles. The van der Waals surface area contributed by atoms with Crippen LogP contribution in [0.5, 0.6) is 5.75 Å². The van der Waals surface area contributed by atoms with E-state index >= 15 is 0 Å². The summed E-state index contributed by atoms with van der Waals surface area (Å²) in [5.41, 5.74) is 1.35. The van der Waals surface area contributed by atoms with Crippen LogP contribution in [0.1, 0.15) is 42.6 Å². The first-order valence-corrected chi connectivity index (χ1v) is 9.45. The fourth-order valence-corrected chi connectivity index (χ4v) is 5.74. The van der Waals surface area contributed by atoms with Crippen molar-refractivity contribution in [3.05, 3.63) is 36.0 Å². The van der Waals surface area contributed by atoms with E-state index in [2.05, 4.69) is 10.3 Å². The molecule has 0 aliphatic heterocycles. The normalized spacial score (nSPS) is 32.8. The largest absolute Gasteiger partial charge is 0.497 e. The molecule has 4 heteroatoms. The second kappa shape index (κ2) is 5.72. The summed E-state index contributed by atoms with van der Waals surface area (Å²) in [7, 11) is 1.65. The standard InChI is InChI=1S/C21H24N2O2/c1-25-17-3-5-18-14(11-17)2-4-19(22-18)21(24)23-20-15-7-12-6-13(9-15)10-16(20)8-12/h2-5,11-13,15-16,20H,6-10H2,1H3,(H,23,24). The van der Waals surface area contributed by atoms with Crippen molar-refractivity contribution in [2.24, 2.45) is 23.7 Å². The highest BCUT2D eigenvalue weighted by Gasteiger charge is 2.48. The number of pyridine rings is 1. The van der Waals surface area contributed by atoms with Gasteiger partial charge in [-0.25, -0.2) is 4.98 Å². The first-order valence-electron chi connectivity index (χ1n) is 9.45. The van der Waals surface area contributed by atoms with Gasteiger partial charge in [0, 0.05) is 11.4 Å². The lowest BCUT2D eigenvalue weighted by atomic mass is 9.54. The molecular weight excluding hydrogens is 312 g/mol. The number of aromatic nitrogens is 1. The van der Waals surface area contributed by atoms with Crippen LogP contribution in [0.25, 0.3) is 10.9 Å². The number of rotatable bonds is 3. The second-order valence-corrected chi connectivity index (χ2v) is 8.19. The van der Waals surface area contributed by atoms with Gasteiger partial charge in [0.2, 0.25) is 0 Å². The molecule has 4 aliphatic carbocycles. The third kappa shape index (κ3) is 2.59. The van der Waals surface area contributed by atoms with Crippen molar-refractivity contribution in [3.8, 4) is 5.75 Å². The zero-order valence-corrected chi connectivity index (χ0v) is 14.6. The third-order valence-corrected chi connectivity index (χ3v) is 6.65. The van der Waals surface area contributed by atoms with Gasteiger partial charge in [-0.3, -0.25) is 4.79 Å². The van der Waals surface area contributed by atoms with E-state index in [1.807, 2.05) is 30.3 Å². The molecule has 1 aromatic heterocycles. The molecule has 4 aliphatic rings. The molecule has 130 valence electrons. The van der Waals surface area contributed by atoms with Gasteiger partial charge < -0.3 is 10.1 Å². The van der Waals surface area contributed by atoms with Crippen molar-refractivity contribution in [2.75, 3.05) is 7.11 Å². The van der Waals surface area contributed by atoms with Crippen LogP contribution in [0, 0.1) is 23.7 Å². The van der Waals surface area contributed by atoms with Crippen molar-refractivity contribution in [2.45, 2.75) is 38.1 Å².